The Balaban J connectivity index is 0.000000354. The Labute approximate surface area is 165 Å². The maximum Gasteiger partial charge on any atom is 4.00 e. The van der Waals surface area contributed by atoms with E-state index in [0.717, 1.165) is 11.8 Å². The molecule has 0 amide bonds. The predicted octanol–water partition coefficient (Wildman–Crippen LogP) is -0.784. The van der Waals surface area contributed by atoms with Gasteiger partial charge in [0.2, 0.25) is 0 Å². The summed E-state index contributed by atoms with van der Waals surface area (Å²) in [6, 6.07) is 12.8. The number of halogens is 2. The molecule has 1 saturated carbocycles. The van der Waals surface area contributed by atoms with Crippen LogP contribution in [0.4, 0.5) is 0 Å². The van der Waals surface area contributed by atoms with Crippen LogP contribution in [0, 0.1) is 25.2 Å². The average Bonchev–Trinajstić information content (AvgIpc) is 3.03. The van der Waals surface area contributed by atoms with Crippen LogP contribution in [-0.4, -0.2) is 0 Å². The Morgan fingerprint density at radius 3 is 2.50 bits per heavy atom. The molecule has 4 rings (SSSR count). The summed E-state index contributed by atoms with van der Waals surface area (Å²) < 4.78 is 0. The number of hydrogen-bond donors (Lipinski definition) is 0. The molecule has 0 N–H and O–H groups in total. The van der Waals surface area contributed by atoms with Gasteiger partial charge in [0.05, 0.1) is 0 Å². The van der Waals surface area contributed by atoms with E-state index in [1.165, 1.54) is 29.2 Å². The molecule has 114 valence electrons. The quantitative estimate of drug-likeness (QED) is 0.500. The van der Waals surface area contributed by atoms with Crippen LogP contribution in [0.3, 0.4) is 0 Å². The first-order valence-electron chi connectivity index (χ1n) is 7.13. The number of aryl methyl sites for hydroxylation is 1. The van der Waals surface area contributed by atoms with E-state index in [9.17, 15) is 0 Å². The number of allylic oxidation sites excluding steroid dienone is 4. The van der Waals surface area contributed by atoms with Crippen LogP contribution in [0.2, 0.25) is 0 Å². The second kappa shape index (κ2) is 10.5. The Hall–Kier alpha value is -0.227. The average molecular weight is 410 g/mol. The first kappa shape index (κ1) is 21.8. The van der Waals surface area contributed by atoms with Crippen molar-refractivity contribution in [2.24, 2.45) is 11.8 Å². The molecule has 0 aromatic heterocycles. The molecule has 2 aromatic carbocycles. The molecule has 0 nitrogen and oxygen atoms in total. The minimum Gasteiger partial charge on any atom is -1.00 e. The fourth-order valence-corrected chi connectivity index (χ4v) is 3.00. The molecule has 0 saturated heterocycles. The maximum atomic E-state index is 2.42. The van der Waals surface area contributed by atoms with Crippen LogP contribution in [0.25, 0.3) is 10.8 Å². The van der Waals surface area contributed by atoms with Crippen molar-refractivity contribution >= 4 is 10.8 Å². The zero-order valence-corrected chi connectivity index (χ0v) is 16.6. The van der Waals surface area contributed by atoms with E-state index in [1.54, 1.807) is 0 Å². The number of hydrogen-bond acceptors (Lipinski definition) is 0. The molecule has 22 heavy (non-hydrogen) atoms. The van der Waals surface area contributed by atoms with Gasteiger partial charge in [0.15, 0.2) is 0 Å². The summed E-state index contributed by atoms with van der Waals surface area (Å²) in [5.74, 6) is 1.62. The smallest absolute Gasteiger partial charge is 1.00 e. The summed E-state index contributed by atoms with van der Waals surface area (Å²) in [6.07, 6.45) is 14.1. The van der Waals surface area contributed by atoms with Crippen molar-refractivity contribution in [3.63, 3.8) is 0 Å². The van der Waals surface area contributed by atoms with Crippen LogP contribution in [0.5, 0.6) is 0 Å². The van der Waals surface area contributed by atoms with Crippen LogP contribution in [-0.2, 0) is 26.2 Å². The van der Waals surface area contributed by atoms with E-state index in [2.05, 4.69) is 74.0 Å². The Morgan fingerprint density at radius 1 is 1.05 bits per heavy atom. The van der Waals surface area contributed by atoms with E-state index in [4.69, 9.17) is 0 Å². The summed E-state index contributed by atoms with van der Waals surface area (Å²) in [5.41, 5.74) is 1.35. The minimum absolute atomic E-state index is 0. The zero-order valence-electron chi connectivity index (χ0n) is 12.7. The number of rotatable bonds is 0. The van der Waals surface area contributed by atoms with Crippen LogP contribution < -0.4 is 24.8 Å². The van der Waals surface area contributed by atoms with Gasteiger partial charge in [0, 0.05) is 0 Å². The molecule has 2 atom stereocenters. The van der Waals surface area contributed by atoms with Crippen LogP contribution in [0.1, 0.15) is 18.4 Å². The summed E-state index contributed by atoms with van der Waals surface area (Å²) in [6.45, 7) is 2.12. The molecule has 0 radical (unpaired) electrons. The molecule has 2 unspecified atom stereocenters. The van der Waals surface area contributed by atoms with Gasteiger partial charge in [-0.3, -0.25) is 0 Å². The molecule has 0 spiro atoms. The second-order valence-corrected chi connectivity index (χ2v) is 5.49. The first-order valence-corrected chi connectivity index (χ1v) is 7.13. The Bertz CT molecular complexity index is 562. The van der Waals surface area contributed by atoms with Gasteiger partial charge in [0.1, 0.15) is 0 Å². The van der Waals surface area contributed by atoms with Gasteiger partial charge < -0.3 is 31.2 Å². The van der Waals surface area contributed by atoms with Crippen molar-refractivity contribution < 1.29 is 51.0 Å². The number of fused-ring (bicyclic) bond motifs is 2. The van der Waals surface area contributed by atoms with Crippen LogP contribution in [0.15, 0.2) is 60.7 Å². The van der Waals surface area contributed by atoms with E-state index in [1.807, 2.05) is 0 Å². The fraction of sp³-hybridized carbons (Fsp3) is 0.263. The van der Waals surface area contributed by atoms with Gasteiger partial charge in [-0.25, -0.2) is 0 Å². The first-order chi connectivity index (χ1) is 9.33. The fourth-order valence-electron chi connectivity index (χ4n) is 3.00. The van der Waals surface area contributed by atoms with Gasteiger partial charge in [-0.2, -0.15) is 12.5 Å². The monoisotopic (exact) mass is 408 g/mol. The number of benzene rings is 1. The van der Waals surface area contributed by atoms with Crippen molar-refractivity contribution in [3.05, 3.63) is 72.7 Å². The van der Waals surface area contributed by atoms with Crippen molar-refractivity contribution in [2.45, 2.75) is 19.8 Å². The van der Waals surface area contributed by atoms with Crippen molar-refractivity contribution in [3.8, 4) is 0 Å². The van der Waals surface area contributed by atoms with Gasteiger partial charge in [-0.05, 0) is 5.92 Å². The van der Waals surface area contributed by atoms with Crippen LogP contribution >= 0.6 is 0 Å². The molecule has 0 aliphatic heterocycles. The second-order valence-electron chi connectivity index (χ2n) is 5.49. The van der Waals surface area contributed by atoms with E-state index in [-0.39, 0.29) is 51.0 Å². The molecule has 1 fully saturated rings. The Kier molecular flexibility index (Phi) is 10.4. The topological polar surface area (TPSA) is 0 Å². The largest absolute Gasteiger partial charge is 4.00 e. The maximum absolute atomic E-state index is 2.42. The third-order valence-corrected chi connectivity index (χ3v) is 4.00. The van der Waals surface area contributed by atoms with Crippen molar-refractivity contribution in [1.29, 1.82) is 0 Å². The van der Waals surface area contributed by atoms with Crippen molar-refractivity contribution in [2.75, 3.05) is 0 Å². The molecule has 3 heteroatoms. The SMILES string of the molecule is C1=CC2[CH-]CCC2C=C1.Cc1cc2ccccc2[cH-]1.[Cl-].[Cl-].[Zr+4]. The molecule has 2 aromatic rings. The molecule has 0 bridgehead atoms. The van der Waals surface area contributed by atoms with Gasteiger partial charge in [-0.1, -0.05) is 37.6 Å². The Morgan fingerprint density at radius 2 is 1.77 bits per heavy atom. The van der Waals surface area contributed by atoms with E-state index >= 15 is 0 Å². The standard InChI is InChI=1S/C10H9.C9H11.2ClH.Zr/c1-8-6-9-4-2-3-5-10(9)7-8;1-2-5-9-7-3-6-8(9)4-1;;;/h2-7H,1H3;1-2,4-6,8-9H,3,7H2;2*1H;/q2*-1;;;+4/p-2. The molecular formula is C19H20Cl2Zr. The molecule has 0 heterocycles. The summed E-state index contributed by atoms with van der Waals surface area (Å²) in [5, 5.41) is 2.69. The van der Waals surface area contributed by atoms with Gasteiger partial charge >= 0.3 is 26.2 Å². The summed E-state index contributed by atoms with van der Waals surface area (Å²) in [7, 11) is 0. The van der Waals surface area contributed by atoms with Crippen molar-refractivity contribution in [1.82, 2.24) is 0 Å². The summed E-state index contributed by atoms with van der Waals surface area (Å²) in [4.78, 5) is 0. The molecule has 2 aliphatic rings. The van der Waals surface area contributed by atoms with Gasteiger partial charge in [0.25, 0.3) is 0 Å². The predicted molar refractivity (Wildman–Crippen MR) is 83.1 cm³/mol. The van der Waals surface area contributed by atoms with Gasteiger partial charge in [-0.15, -0.1) is 52.6 Å². The molecule has 2 aliphatic carbocycles. The molecular weight excluding hydrogens is 390 g/mol. The summed E-state index contributed by atoms with van der Waals surface area (Å²) >= 11 is 0. The third-order valence-electron chi connectivity index (χ3n) is 4.00. The zero-order chi connectivity index (χ0) is 13.1. The van der Waals surface area contributed by atoms with E-state index < -0.39 is 0 Å². The minimum atomic E-state index is 0. The van der Waals surface area contributed by atoms with E-state index in [0.29, 0.717) is 0 Å². The third kappa shape index (κ3) is 5.45. The normalized spacial score (nSPS) is 20.8.